The van der Waals surface area contributed by atoms with E-state index in [0.717, 1.165) is 25.5 Å². The lowest BCUT2D eigenvalue weighted by Crippen LogP contribution is -2.43. The van der Waals surface area contributed by atoms with Crippen molar-refractivity contribution in [2.45, 2.75) is 25.3 Å². The zero-order valence-corrected chi connectivity index (χ0v) is 15.6. The molecule has 2 amide bonds. The Balaban J connectivity index is 1.41. The van der Waals surface area contributed by atoms with Crippen LogP contribution in [0.3, 0.4) is 0 Å². The molecule has 140 valence electrons. The van der Waals surface area contributed by atoms with Gasteiger partial charge in [0.1, 0.15) is 6.33 Å². The lowest BCUT2D eigenvalue weighted by atomic mass is 9.91. The highest BCUT2D eigenvalue weighted by Crippen LogP contribution is 2.26. The predicted molar refractivity (Wildman–Crippen MR) is 101 cm³/mol. The van der Waals surface area contributed by atoms with Crippen molar-refractivity contribution in [1.82, 2.24) is 29.9 Å². The maximum Gasteiger partial charge on any atom is 0.317 e. The van der Waals surface area contributed by atoms with Crippen LogP contribution in [0.15, 0.2) is 36.7 Å². The summed E-state index contributed by atoms with van der Waals surface area (Å²) >= 11 is 0. The van der Waals surface area contributed by atoms with Gasteiger partial charge in [0.05, 0.1) is 6.54 Å². The van der Waals surface area contributed by atoms with E-state index in [1.54, 1.807) is 18.3 Å². The topological polar surface area (TPSA) is 66.3 Å². The van der Waals surface area contributed by atoms with Crippen LogP contribution in [0, 0.1) is 0 Å². The van der Waals surface area contributed by atoms with E-state index in [-0.39, 0.29) is 6.03 Å². The fourth-order valence-electron chi connectivity index (χ4n) is 3.45. The van der Waals surface area contributed by atoms with Crippen LogP contribution in [0.1, 0.15) is 30.1 Å². The molecule has 1 fully saturated rings. The molecule has 1 aliphatic heterocycles. The van der Waals surface area contributed by atoms with Crippen LogP contribution in [-0.2, 0) is 13.6 Å². The highest BCUT2D eigenvalue weighted by Gasteiger charge is 2.21. The molecule has 26 heavy (non-hydrogen) atoms. The number of piperidine rings is 1. The van der Waals surface area contributed by atoms with Crippen molar-refractivity contribution >= 4 is 6.03 Å². The van der Waals surface area contributed by atoms with Crippen molar-refractivity contribution in [3.8, 4) is 0 Å². The average molecular weight is 356 g/mol. The van der Waals surface area contributed by atoms with E-state index in [1.165, 1.54) is 18.4 Å². The molecule has 7 heteroatoms. The standard InChI is InChI=1S/C19H28N6O/c1-23(14-18-22-21-15-24(18)2)19(26)20-10-12-25-11-6-9-17(13-25)16-7-4-3-5-8-16/h3-5,7-8,15,17H,6,9-14H2,1-2H3,(H,20,26)/t17-/m0/s1. The van der Waals surface area contributed by atoms with Crippen LogP contribution in [0.2, 0.25) is 0 Å². The summed E-state index contributed by atoms with van der Waals surface area (Å²) in [4.78, 5) is 16.3. The smallest absolute Gasteiger partial charge is 0.317 e. The second-order valence-electron chi connectivity index (χ2n) is 7.00. The van der Waals surface area contributed by atoms with Crippen molar-refractivity contribution in [3.63, 3.8) is 0 Å². The molecule has 7 nitrogen and oxygen atoms in total. The van der Waals surface area contributed by atoms with Gasteiger partial charge in [-0.05, 0) is 30.9 Å². The fraction of sp³-hybridized carbons (Fsp3) is 0.526. The molecule has 0 saturated carbocycles. The molecule has 0 unspecified atom stereocenters. The molecule has 1 aromatic heterocycles. The van der Waals surface area contributed by atoms with E-state index in [1.807, 2.05) is 11.6 Å². The zero-order valence-electron chi connectivity index (χ0n) is 15.6. The van der Waals surface area contributed by atoms with Crippen molar-refractivity contribution in [2.75, 3.05) is 33.2 Å². The van der Waals surface area contributed by atoms with E-state index < -0.39 is 0 Å². The van der Waals surface area contributed by atoms with Crippen molar-refractivity contribution in [1.29, 1.82) is 0 Å². The number of rotatable bonds is 6. The van der Waals surface area contributed by atoms with Gasteiger partial charge >= 0.3 is 6.03 Å². The number of aryl methyl sites for hydroxylation is 1. The van der Waals surface area contributed by atoms with Crippen molar-refractivity contribution < 1.29 is 4.79 Å². The first-order valence-corrected chi connectivity index (χ1v) is 9.22. The first-order valence-electron chi connectivity index (χ1n) is 9.22. The molecule has 1 N–H and O–H groups in total. The molecule has 0 radical (unpaired) electrons. The SMILES string of the molecule is CN(Cc1nncn1C)C(=O)NCCN1CCC[C@H](c2ccccc2)C1. The monoisotopic (exact) mass is 356 g/mol. The zero-order chi connectivity index (χ0) is 18.4. The summed E-state index contributed by atoms with van der Waals surface area (Å²) in [7, 11) is 3.65. The third-order valence-electron chi connectivity index (χ3n) is 5.01. The maximum atomic E-state index is 12.2. The molecule has 0 aliphatic carbocycles. The van der Waals surface area contributed by atoms with Gasteiger partial charge < -0.3 is 19.7 Å². The minimum Gasteiger partial charge on any atom is -0.337 e. The summed E-state index contributed by atoms with van der Waals surface area (Å²) in [5.74, 6) is 1.36. The van der Waals surface area contributed by atoms with Crippen LogP contribution < -0.4 is 5.32 Å². The van der Waals surface area contributed by atoms with Crippen LogP contribution in [-0.4, -0.2) is 63.8 Å². The number of nitrogens with zero attached hydrogens (tertiary/aromatic N) is 5. The highest BCUT2D eigenvalue weighted by molar-refractivity contribution is 5.73. The molecule has 1 atom stereocenters. The largest absolute Gasteiger partial charge is 0.337 e. The van der Waals surface area contributed by atoms with E-state index in [0.29, 0.717) is 19.0 Å². The summed E-state index contributed by atoms with van der Waals surface area (Å²) in [5, 5.41) is 10.9. The molecule has 0 spiro atoms. The van der Waals surface area contributed by atoms with Crippen LogP contribution in [0.5, 0.6) is 0 Å². The van der Waals surface area contributed by atoms with E-state index in [4.69, 9.17) is 0 Å². The quantitative estimate of drug-likeness (QED) is 0.858. The Morgan fingerprint density at radius 1 is 1.35 bits per heavy atom. The predicted octanol–water partition coefficient (Wildman–Crippen LogP) is 1.84. The van der Waals surface area contributed by atoms with Crippen LogP contribution in [0.4, 0.5) is 4.79 Å². The van der Waals surface area contributed by atoms with Gasteiger partial charge in [-0.1, -0.05) is 30.3 Å². The second kappa shape index (κ2) is 8.80. The number of hydrogen-bond acceptors (Lipinski definition) is 4. The lowest BCUT2D eigenvalue weighted by Gasteiger charge is -2.33. The van der Waals surface area contributed by atoms with E-state index in [2.05, 4.69) is 50.7 Å². The molecular formula is C19H28N6O. The Hall–Kier alpha value is -2.41. The Bertz CT molecular complexity index is 701. The van der Waals surface area contributed by atoms with Gasteiger partial charge in [0.25, 0.3) is 0 Å². The summed E-state index contributed by atoms with van der Waals surface area (Å²) in [6.45, 7) is 4.15. The fourth-order valence-corrected chi connectivity index (χ4v) is 3.45. The van der Waals surface area contributed by atoms with Gasteiger partial charge in [-0.2, -0.15) is 0 Å². The van der Waals surface area contributed by atoms with Gasteiger partial charge in [-0.25, -0.2) is 4.79 Å². The van der Waals surface area contributed by atoms with Gasteiger partial charge in [0.2, 0.25) is 0 Å². The molecule has 3 rings (SSSR count). The number of carbonyl (C=O) groups excluding carboxylic acids is 1. The molecular weight excluding hydrogens is 328 g/mol. The van der Waals surface area contributed by atoms with Crippen LogP contribution in [0.25, 0.3) is 0 Å². The Kier molecular flexibility index (Phi) is 6.22. The molecule has 1 saturated heterocycles. The second-order valence-corrected chi connectivity index (χ2v) is 7.00. The maximum absolute atomic E-state index is 12.2. The normalized spacial score (nSPS) is 17.8. The van der Waals surface area contributed by atoms with Crippen LogP contribution >= 0.6 is 0 Å². The number of nitrogens with one attached hydrogen (secondary N) is 1. The number of likely N-dealkylation sites (tertiary alicyclic amines) is 1. The number of hydrogen-bond donors (Lipinski definition) is 1. The average Bonchev–Trinajstić information content (AvgIpc) is 3.07. The Morgan fingerprint density at radius 2 is 2.15 bits per heavy atom. The molecule has 2 heterocycles. The third-order valence-corrected chi connectivity index (χ3v) is 5.01. The molecule has 0 bridgehead atoms. The number of benzene rings is 1. The number of amides is 2. The minimum atomic E-state index is -0.0791. The van der Waals surface area contributed by atoms with E-state index in [9.17, 15) is 4.79 Å². The third kappa shape index (κ3) is 4.82. The van der Waals surface area contributed by atoms with Crippen molar-refractivity contribution in [3.05, 3.63) is 48.0 Å². The van der Waals surface area contributed by atoms with Gasteiger partial charge in [0, 0.05) is 33.7 Å². The van der Waals surface area contributed by atoms with Gasteiger partial charge in [-0.3, -0.25) is 0 Å². The number of carbonyl (C=O) groups is 1. The van der Waals surface area contributed by atoms with Gasteiger partial charge in [0.15, 0.2) is 5.82 Å². The summed E-state index contributed by atoms with van der Waals surface area (Å²) in [5.41, 5.74) is 1.42. The Morgan fingerprint density at radius 3 is 2.88 bits per heavy atom. The van der Waals surface area contributed by atoms with Crippen molar-refractivity contribution in [2.24, 2.45) is 7.05 Å². The summed E-state index contributed by atoms with van der Waals surface area (Å²) in [6, 6.07) is 10.7. The number of urea groups is 1. The summed E-state index contributed by atoms with van der Waals surface area (Å²) in [6.07, 6.45) is 4.09. The first-order chi connectivity index (χ1) is 12.6. The summed E-state index contributed by atoms with van der Waals surface area (Å²) < 4.78 is 1.82. The van der Waals surface area contributed by atoms with Gasteiger partial charge in [-0.15, -0.1) is 10.2 Å². The first kappa shape index (κ1) is 18.4. The Labute approximate surface area is 155 Å². The molecule has 2 aromatic rings. The molecule has 1 aromatic carbocycles. The lowest BCUT2D eigenvalue weighted by molar-refractivity contribution is 0.192. The molecule has 1 aliphatic rings. The minimum absolute atomic E-state index is 0.0791. The number of aromatic nitrogens is 3. The van der Waals surface area contributed by atoms with E-state index >= 15 is 0 Å². The highest BCUT2D eigenvalue weighted by atomic mass is 16.2.